The lowest BCUT2D eigenvalue weighted by molar-refractivity contribution is -0.145. The van der Waals surface area contributed by atoms with Crippen LogP contribution in [-0.4, -0.2) is 35.4 Å². The molecule has 0 aliphatic heterocycles. The molecule has 5 heteroatoms. The van der Waals surface area contributed by atoms with Gasteiger partial charge in [0.25, 0.3) is 0 Å². The fourth-order valence-corrected chi connectivity index (χ4v) is 1.32. The summed E-state index contributed by atoms with van der Waals surface area (Å²) in [6, 6.07) is 1.60. The first-order valence-corrected chi connectivity index (χ1v) is 5.09. The first-order chi connectivity index (χ1) is 7.27. The van der Waals surface area contributed by atoms with Gasteiger partial charge < -0.3 is 10.1 Å². The Hall–Kier alpha value is -1.36. The molecule has 0 fully saturated rings. The van der Waals surface area contributed by atoms with Crippen LogP contribution >= 0.6 is 0 Å². The summed E-state index contributed by atoms with van der Waals surface area (Å²) < 4.78 is 6.73. The molecule has 5 nitrogen and oxygen atoms in total. The predicted molar refractivity (Wildman–Crippen MR) is 56.3 cm³/mol. The Bertz CT molecular complexity index is 285. The van der Waals surface area contributed by atoms with Gasteiger partial charge >= 0.3 is 5.97 Å². The van der Waals surface area contributed by atoms with Crippen LogP contribution in [0.2, 0.25) is 0 Å². The number of hydrogen-bond acceptors (Lipinski definition) is 4. The van der Waals surface area contributed by atoms with Crippen molar-refractivity contribution >= 4 is 5.97 Å². The lowest BCUT2D eigenvalue weighted by Gasteiger charge is -2.14. The lowest BCUT2D eigenvalue weighted by atomic mass is 10.2. The van der Waals surface area contributed by atoms with Crippen LogP contribution in [0.3, 0.4) is 0 Å². The van der Waals surface area contributed by atoms with Gasteiger partial charge in [0, 0.05) is 18.9 Å². The monoisotopic (exact) mass is 211 g/mol. The zero-order valence-electron chi connectivity index (χ0n) is 9.14. The van der Waals surface area contributed by atoms with Crippen LogP contribution in [0.5, 0.6) is 0 Å². The maximum atomic E-state index is 11.4. The van der Waals surface area contributed by atoms with Crippen molar-refractivity contribution in [3.8, 4) is 0 Å². The third-order valence-corrected chi connectivity index (χ3v) is 2.13. The van der Waals surface area contributed by atoms with Gasteiger partial charge in [-0.25, -0.2) is 0 Å². The molecule has 0 aromatic carbocycles. The minimum absolute atomic E-state index is 0.202. The fraction of sp³-hybridized carbons (Fsp3) is 0.600. The number of likely N-dealkylation sites (N-methyl/N-ethyl adjacent to an activating group) is 1. The van der Waals surface area contributed by atoms with E-state index in [0.717, 1.165) is 0 Å². The molecule has 1 aromatic rings. The number of rotatable bonds is 6. The SMILES string of the molecule is CCOC(=O)C(CCn1cccn1)NC. The first-order valence-electron chi connectivity index (χ1n) is 5.09. The lowest BCUT2D eigenvalue weighted by Crippen LogP contribution is -2.36. The molecule has 0 spiro atoms. The summed E-state index contributed by atoms with van der Waals surface area (Å²) >= 11 is 0. The summed E-state index contributed by atoms with van der Waals surface area (Å²) in [5, 5.41) is 7.00. The molecule has 1 unspecified atom stereocenters. The topological polar surface area (TPSA) is 56.2 Å². The molecule has 84 valence electrons. The Kier molecular flexibility index (Phi) is 4.83. The van der Waals surface area contributed by atoms with E-state index >= 15 is 0 Å². The van der Waals surface area contributed by atoms with E-state index in [4.69, 9.17) is 4.74 Å². The number of aryl methyl sites for hydroxylation is 1. The average Bonchev–Trinajstić information content (AvgIpc) is 2.72. The zero-order chi connectivity index (χ0) is 11.1. The van der Waals surface area contributed by atoms with E-state index in [9.17, 15) is 4.79 Å². The highest BCUT2D eigenvalue weighted by atomic mass is 16.5. The average molecular weight is 211 g/mol. The molecule has 0 saturated heterocycles. The Labute approximate surface area is 89.4 Å². The van der Waals surface area contributed by atoms with Gasteiger partial charge in [0.15, 0.2) is 0 Å². The highest BCUT2D eigenvalue weighted by Gasteiger charge is 2.16. The second kappa shape index (κ2) is 6.19. The highest BCUT2D eigenvalue weighted by Crippen LogP contribution is 1.98. The van der Waals surface area contributed by atoms with Crippen molar-refractivity contribution in [3.63, 3.8) is 0 Å². The maximum Gasteiger partial charge on any atom is 0.323 e. The van der Waals surface area contributed by atoms with Crippen LogP contribution in [-0.2, 0) is 16.1 Å². The Morgan fingerprint density at radius 3 is 3.00 bits per heavy atom. The maximum absolute atomic E-state index is 11.4. The van der Waals surface area contributed by atoms with Gasteiger partial charge in [0.05, 0.1) is 6.61 Å². The van der Waals surface area contributed by atoms with E-state index in [2.05, 4.69) is 10.4 Å². The van der Waals surface area contributed by atoms with E-state index in [1.165, 1.54) is 0 Å². The molecular weight excluding hydrogens is 194 g/mol. The zero-order valence-corrected chi connectivity index (χ0v) is 9.14. The van der Waals surface area contributed by atoms with Crippen molar-refractivity contribution in [3.05, 3.63) is 18.5 Å². The van der Waals surface area contributed by atoms with Gasteiger partial charge in [-0.15, -0.1) is 0 Å². The molecule has 0 amide bonds. The number of nitrogens with zero attached hydrogens (tertiary/aromatic N) is 2. The second-order valence-electron chi connectivity index (χ2n) is 3.15. The molecule has 0 aliphatic carbocycles. The van der Waals surface area contributed by atoms with Crippen molar-refractivity contribution in [2.45, 2.75) is 25.9 Å². The highest BCUT2D eigenvalue weighted by molar-refractivity contribution is 5.75. The number of ether oxygens (including phenoxy) is 1. The summed E-state index contributed by atoms with van der Waals surface area (Å²) in [4.78, 5) is 11.4. The summed E-state index contributed by atoms with van der Waals surface area (Å²) in [6.07, 6.45) is 4.27. The fourth-order valence-electron chi connectivity index (χ4n) is 1.32. The van der Waals surface area contributed by atoms with Crippen molar-refractivity contribution in [1.29, 1.82) is 0 Å². The second-order valence-corrected chi connectivity index (χ2v) is 3.15. The van der Waals surface area contributed by atoms with Gasteiger partial charge in [0.2, 0.25) is 0 Å². The number of aromatic nitrogens is 2. The Morgan fingerprint density at radius 2 is 2.47 bits per heavy atom. The molecular formula is C10H17N3O2. The van der Waals surface area contributed by atoms with Crippen LogP contribution in [0.1, 0.15) is 13.3 Å². The number of esters is 1. The largest absolute Gasteiger partial charge is 0.465 e. The van der Waals surface area contributed by atoms with Gasteiger partial charge in [-0.05, 0) is 26.5 Å². The minimum Gasteiger partial charge on any atom is -0.465 e. The summed E-state index contributed by atoms with van der Waals surface area (Å²) in [5.74, 6) is -0.202. The number of carbonyl (C=O) groups is 1. The van der Waals surface area contributed by atoms with Crippen LogP contribution in [0.4, 0.5) is 0 Å². The third-order valence-electron chi connectivity index (χ3n) is 2.13. The standard InChI is InChI=1S/C10H17N3O2/c1-3-15-10(14)9(11-2)5-8-13-7-4-6-12-13/h4,6-7,9,11H,3,5,8H2,1-2H3. The van der Waals surface area contributed by atoms with E-state index in [1.807, 2.05) is 12.3 Å². The molecule has 0 radical (unpaired) electrons. The Balaban J connectivity index is 2.37. The van der Waals surface area contributed by atoms with Gasteiger partial charge in [-0.3, -0.25) is 9.48 Å². The van der Waals surface area contributed by atoms with Crippen LogP contribution in [0.25, 0.3) is 0 Å². The van der Waals surface area contributed by atoms with Crippen LogP contribution in [0, 0.1) is 0 Å². The summed E-state index contributed by atoms with van der Waals surface area (Å²) in [6.45, 7) is 2.92. The molecule has 1 aromatic heterocycles. The molecule has 1 rings (SSSR count). The minimum atomic E-state index is -0.255. The number of nitrogens with one attached hydrogen (secondary N) is 1. The van der Waals surface area contributed by atoms with Crippen molar-refractivity contribution < 1.29 is 9.53 Å². The molecule has 1 heterocycles. The molecule has 1 N–H and O–H groups in total. The van der Waals surface area contributed by atoms with Crippen molar-refractivity contribution in [1.82, 2.24) is 15.1 Å². The van der Waals surface area contributed by atoms with E-state index in [-0.39, 0.29) is 12.0 Å². The summed E-state index contributed by atoms with van der Waals surface area (Å²) in [7, 11) is 1.75. The smallest absolute Gasteiger partial charge is 0.323 e. The van der Waals surface area contributed by atoms with E-state index in [1.54, 1.807) is 24.9 Å². The van der Waals surface area contributed by atoms with E-state index < -0.39 is 0 Å². The van der Waals surface area contributed by atoms with Crippen LogP contribution < -0.4 is 5.32 Å². The summed E-state index contributed by atoms with van der Waals surface area (Å²) in [5.41, 5.74) is 0. The van der Waals surface area contributed by atoms with E-state index in [0.29, 0.717) is 19.6 Å². The quantitative estimate of drug-likeness (QED) is 0.693. The number of carbonyl (C=O) groups excluding carboxylic acids is 1. The van der Waals surface area contributed by atoms with Gasteiger partial charge in [-0.1, -0.05) is 0 Å². The molecule has 0 bridgehead atoms. The van der Waals surface area contributed by atoms with Crippen LogP contribution in [0.15, 0.2) is 18.5 Å². The molecule has 0 saturated carbocycles. The molecule has 15 heavy (non-hydrogen) atoms. The molecule has 1 atom stereocenters. The van der Waals surface area contributed by atoms with Gasteiger partial charge in [0.1, 0.15) is 6.04 Å². The normalized spacial score (nSPS) is 12.4. The van der Waals surface area contributed by atoms with Gasteiger partial charge in [-0.2, -0.15) is 5.10 Å². The molecule has 0 aliphatic rings. The Morgan fingerprint density at radius 1 is 1.67 bits per heavy atom. The third kappa shape index (κ3) is 3.71. The predicted octanol–water partition coefficient (Wildman–Crippen LogP) is 0.424. The van der Waals surface area contributed by atoms with Crippen molar-refractivity contribution in [2.24, 2.45) is 0 Å². The first kappa shape index (κ1) is 11.7. The number of hydrogen-bond donors (Lipinski definition) is 1. The van der Waals surface area contributed by atoms with Crippen molar-refractivity contribution in [2.75, 3.05) is 13.7 Å².